The lowest BCUT2D eigenvalue weighted by Crippen LogP contribution is -2.34. The number of aliphatic hydroxyl groups is 2. The highest BCUT2D eigenvalue weighted by Crippen LogP contribution is 2.29. The van der Waals surface area contributed by atoms with Crippen LogP contribution in [0.25, 0.3) is 0 Å². The Kier molecular flexibility index (Phi) is 5.45. The number of rotatable bonds is 6. The normalized spacial score (nSPS) is 12.8. The minimum atomic E-state index is -0.439. The molecule has 0 unspecified atom stereocenters. The Labute approximate surface area is 104 Å². The smallest absolute Gasteiger partial charge is 0.0807 e. The molecule has 17 heavy (non-hydrogen) atoms. The van der Waals surface area contributed by atoms with Crippen molar-refractivity contribution in [1.29, 1.82) is 0 Å². The van der Waals surface area contributed by atoms with Crippen molar-refractivity contribution in [2.24, 2.45) is 0 Å². The molecule has 1 atom stereocenters. The molecular weight excluding hydrogens is 214 g/mol. The summed E-state index contributed by atoms with van der Waals surface area (Å²) in [7, 11) is 0. The van der Waals surface area contributed by atoms with E-state index in [1.54, 1.807) is 0 Å². The van der Waals surface area contributed by atoms with Crippen molar-refractivity contribution in [3.63, 3.8) is 0 Å². The van der Waals surface area contributed by atoms with Gasteiger partial charge in [0.2, 0.25) is 0 Å². The molecule has 0 bridgehead atoms. The molecule has 0 aliphatic rings. The van der Waals surface area contributed by atoms with E-state index in [1.165, 1.54) is 0 Å². The van der Waals surface area contributed by atoms with Gasteiger partial charge in [-0.25, -0.2) is 0 Å². The summed E-state index contributed by atoms with van der Waals surface area (Å²) in [5.74, 6) is 0. The Bertz CT molecular complexity index is 339. The van der Waals surface area contributed by atoms with E-state index in [9.17, 15) is 5.11 Å². The van der Waals surface area contributed by atoms with Crippen molar-refractivity contribution in [3.05, 3.63) is 29.8 Å². The second-order valence-corrected chi connectivity index (χ2v) is 4.49. The molecule has 0 radical (unpaired) electrons. The molecule has 0 heterocycles. The predicted molar refractivity (Wildman–Crippen MR) is 71.3 cm³/mol. The predicted octanol–water partition coefficient (Wildman–Crippen LogP) is 2.34. The first-order valence-electron chi connectivity index (χ1n) is 6.26. The van der Waals surface area contributed by atoms with Crippen LogP contribution < -0.4 is 4.90 Å². The highest BCUT2D eigenvalue weighted by molar-refractivity contribution is 5.55. The van der Waals surface area contributed by atoms with E-state index >= 15 is 0 Å². The molecule has 0 aromatic heterocycles. The Morgan fingerprint density at radius 1 is 1.24 bits per heavy atom. The summed E-state index contributed by atoms with van der Waals surface area (Å²) < 4.78 is 0. The molecule has 0 aliphatic carbocycles. The number of anilines is 1. The van der Waals surface area contributed by atoms with Crippen LogP contribution in [0.3, 0.4) is 0 Å². The van der Waals surface area contributed by atoms with Crippen molar-refractivity contribution in [2.45, 2.75) is 39.3 Å². The largest absolute Gasteiger partial charge is 0.395 e. The molecule has 1 aromatic rings. The van der Waals surface area contributed by atoms with E-state index in [2.05, 4.69) is 18.7 Å². The zero-order valence-corrected chi connectivity index (χ0v) is 10.9. The molecule has 3 heteroatoms. The lowest BCUT2D eigenvalue weighted by atomic mass is 10.0. The number of nitrogens with zero attached hydrogens (tertiary/aromatic N) is 1. The number of hydrogen-bond acceptors (Lipinski definition) is 3. The maximum atomic E-state index is 10.0. The summed E-state index contributed by atoms with van der Waals surface area (Å²) in [5, 5.41) is 19.1. The highest BCUT2D eigenvalue weighted by Gasteiger charge is 2.17. The van der Waals surface area contributed by atoms with Gasteiger partial charge in [0.1, 0.15) is 0 Å². The Hall–Kier alpha value is -1.06. The maximum Gasteiger partial charge on any atom is 0.0807 e. The summed E-state index contributed by atoms with van der Waals surface area (Å²) in [6.07, 6.45) is 0.258. The monoisotopic (exact) mass is 237 g/mol. The third-order valence-corrected chi connectivity index (χ3v) is 2.96. The van der Waals surface area contributed by atoms with Gasteiger partial charge in [-0.3, -0.25) is 0 Å². The molecule has 3 nitrogen and oxygen atoms in total. The molecular formula is C14H23NO2. The van der Waals surface area contributed by atoms with Gasteiger partial charge in [-0.15, -0.1) is 0 Å². The van der Waals surface area contributed by atoms with E-state index in [1.807, 2.05) is 31.2 Å². The van der Waals surface area contributed by atoms with Gasteiger partial charge in [0.05, 0.1) is 12.7 Å². The lowest BCUT2D eigenvalue weighted by molar-refractivity contribution is 0.174. The number of aliphatic hydroxyl groups excluding tert-OH is 2. The van der Waals surface area contributed by atoms with E-state index in [-0.39, 0.29) is 6.61 Å². The van der Waals surface area contributed by atoms with Gasteiger partial charge in [0, 0.05) is 23.8 Å². The van der Waals surface area contributed by atoms with Crippen LogP contribution in [0.2, 0.25) is 0 Å². The van der Waals surface area contributed by atoms with Crippen LogP contribution in [0.5, 0.6) is 0 Å². The first-order valence-corrected chi connectivity index (χ1v) is 6.26. The zero-order valence-electron chi connectivity index (χ0n) is 10.9. The molecule has 2 N–H and O–H groups in total. The quantitative estimate of drug-likeness (QED) is 0.798. The molecule has 0 amide bonds. The Balaban J connectivity index is 3.09. The van der Waals surface area contributed by atoms with Gasteiger partial charge < -0.3 is 15.1 Å². The second-order valence-electron chi connectivity index (χ2n) is 4.49. The average Bonchev–Trinajstić information content (AvgIpc) is 2.34. The number of para-hydroxylation sites is 1. The SMILES string of the molecule is CC[C@H](O)c1ccccc1N(CCO)C(C)C. The van der Waals surface area contributed by atoms with Crippen LogP contribution in [0.1, 0.15) is 38.9 Å². The lowest BCUT2D eigenvalue weighted by Gasteiger charge is -2.31. The van der Waals surface area contributed by atoms with Crippen molar-refractivity contribution in [3.8, 4) is 0 Å². The van der Waals surface area contributed by atoms with Gasteiger partial charge >= 0.3 is 0 Å². The van der Waals surface area contributed by atoms with E-state index < -0.39 is 6.10 Å². The second kappa shape index (κ2) is 6.62. The molecule has 0 saturated heterocycles. The minimum Gasteiger partial charge on any atom is -0.395 e. The van der Waals surface area contributed by atoms with Crippen LogP contribution in [0.15, 0.2) is 24.3 Å². The standard InChI is InChI=1S/C14H23NO2/c1-4-14(17)12-7-5-6-8-13(12)15(9-10-16)11(2)3/h5-8,11,14,16-17H,4,9-10H2,1-3H3/t14-/m0/s1. The fourth-order valence-electron chi connectivity index (χ4n) is 2.02. The van der Waals surface area contributed by atoms with Crippen LogP contribution in [0, 0.1) is 0 Å². The van der Waals surface area contributed by atoms with Crippen molar-refractivity contribution in [1.82, 2.24) is 0 Å². The summed E-state index contributed by atoms with van der Waals surface area (Å²) in [4.78, 5) is 2.12. The third kappa shape index (κ3) is 3.45. The van der Waals surface area contributed by atoms with Gasteiger partial charge in [-0.05, 0) is 26.3 Å². The maximum absolute atomic E-state index is 10.0. The van der Waals surface area contributed by atoms with E-state index in [0.29, 0.717) is 19.0 Å². The molecule has 0 aliphatic heterocycles. The Morgan fingerprint density at radius 3 is 2.41 bits per heavy atom. The van der Waals surface area contributed by atoms with Crippen molar-refractivity contribution < 1.29 is 10.2 Å². The summed E-state index contributed by atoms with van der Waals surface area (Å²) in [6.45, 7) is 6.85. The topological polar surface area (TPSA) is 43.7 Å². The molecule has 1 aromatic carbocycles. The van der Waals surface area contributed by atoms with Crippen LogP contribution in [-0.2, 0) is 0 Å². The minimum absolute atomic E-state index is 0.120. The van der Waals surface area contributed by atoms with Gasteiger partial charge in [-0.2, -0.15) is 0 Å². The number of benzene rings is 1. The first-order chi connectivity index (χ1) is 8.11. The third-order valence-electron chi connectivity index (χ3n) is 2.96. The fourth-order valence-corrected chi connectivity index (χ4v) is 2.02. The van der Waals surface area contributed by atoms with Crippen LogP contribution in [0.4, 0.5) is 5.69 Å². The molecule has 96 valence electrons. The highest BCUT2D eigenvalue weighted by atomic mass is 16.3. The van der Waals surface area contributed by atoms with E-state index in [0.717, 1.165) is 11.3 Å². The van der Waals surface area contributed by atoms with Crippen molar-refractivity contribution >= 4 is 5.69 Å². The van der Waals surface area contributed by atoms with Gasteiger partial charge in [-0.1, -0.05) is 25.1 Å². The molecule has 0 fully saturated rings. The summed E-state index contributed by atoms with van der Waals surface area (Å²) in [6, 6.07) is 8.16. The summed E-state index contributed by atoms with van der Waals surface area (Å²) in [5.41, 5.74) is 1.96. The average molecular weight is 237 g/mol. The molecule has 0 spiro atoms. The fraction of sp³-hybridized carbons (Fsp3) is 0.571. The number of hydrogen-bond donors (Lipinski definition) is 2. The van der Waals surface area contributed by atoms with Gasteiger partial charge in [0.15, 0.2) is 0 Å². The molecule has 0 saturated carbocycles. The van der Waals surface area contributed by atoms with Crippen LogP contribution >= 0.6 is 0 Å². The van der Waals surface area contributed by atoms with E-state index in [4.69, 9.17) is 5.11 Å². The zero-order chi connectivity index (χ0) is 12.8. The van der Waals surface area contributed by atoms with Gasteiger partial charge in [0.25, 0.3) is 0 Å². The van der Waals surface area contributed by atoms with Crippen molar-refractivity contribution in [2.75, 3.05) is 18.1 Å². The Morgan fingerprint density at radius 2 is 1.88 bits per heavy atom. The summed E-state index contributed by atoms with van der Waals surface area (Å²) >= 11 is 0. The van der Waals surface area contributed by atoms with Crippen LogP contribution in [-0.4, -0.2) is 29.4 Å². The first kappa shape index (κ1) is 14.0. The molecule has 1 rings (SSSR count).